The fourth-order valence-corrected chi connectivity index (χ4v) is 5.58. The second kappa shape index (κ2) is 10.4. The Hall–Kier alpha value is -4.24. The number of hydrogen-bond acceptors (Lipinski definition) is 7. The number of rotatable bonds is 2. The highest BCUT2D eigenvalue weighted by Crippen LogP contribution is 2.35. The number of anilines is 1. The third-order valence-electron chi connectivity index (χ3n) is 7.83. The minimum atomic E-state index is -0.892. The average molecular weight is 540 g/mol. The maximum absolute atomic E-state index is 11.9. The summed E-state index contributed by atoms with van der Waals surface area (Å²) in [5, 5.41) is 14.7. The van der Waals surface area contributed by atoms with Gasteiger partial charge in [0.2, 0.25) is 0 Å². The summed E-state index contributed by atoms with van der Waals surface area (Å²) in [4.78, 5) is 23.2. The van der Waals surface area contributed by atoms with Crippen molar-refractivity contribution in [2.75, 3.05) is 24.6 Å². The number of fused-ring (bicyclic) bond motifs is 6. The van der Waals surface area contributed by atoms with E-state index in [2.05, 4.69) is 22.9 Å². The summed E-state index contributed by atoms with van der Waals surface area (Å²) in [6.07, 6.45) is 8.92. The van der Waals surface area contributed by atoms with E-state index in [1.165, 1.54) is 0 Å². The van der Waals surface area contributed by atoms with Gasteiger partial charge in [-0.2, -0.15) is 9.61 Å². The molecule has 0 amide bonds. The average Bonchev–Trinajstić information content (AvgIpc) is 3.35. The van der Waals surface area contributed by atoms with Crippen molar-refractivity contribution in [3.05, 3.63) is 72.2 Å². The lowest BCUT2D eigenvalue weighted by atomic mass is 9.93. The standard InChI is InChI=1S/C31H33N5O4/c1-20-6-5-15-39-31(3)10-13-35(14-11-31)30-24(17-29(37)38)21(2)33-28-18-26(34-36(28)30)23-8-4-7-22(16-23)25-19-32-12-9-27(25)40-20/h4-9,12,16,18-20H,10-11,13-15,17H2,1-3H3,(H,37,38)/b6-5+. The molecule has 0 radical (unpaired) electrons. The first-order chi connectivity index (χ1) is 19.3. The molecule has 206 valence electrons. The SMILES string of the molecule is Cc1nc2cc3nn2c(c1CC(=O)O)N1CCC(C)(CC1)OC/C=C/C(C)Oc1ccncc1-c1cccc-3c1. The summed E-state index contributed by atoms with van der Waals surface area (Å²) in [5.41, 5.74) is 5.32. The Morgan fingerprint density at radius 2 is 1.98 bits per heavy atom. The van der Waals surface area contributed by atoms with Gasteiger partial charge in [-0.1, -0.05) is 24.3 Å². The van der Waals surface area contributed by atoms with Gasteiger partial charge in [0, 0.05) is 53.9 Å². The number of aromatic nitrogens is 4. The molecule has 9 nitrogen and oxygen atoms in total. The van der Waals surface area contributed by atoms with E-state index in [0.717, 1.165) is 59.9 Å². The van der Waals surface area contributed by atoms with Gasteiger partial charge in [-0.05, 0) is 57.4 Å². The van der Waals surface area contributed by atoms with Gasteiger partial charge in [0.05, 0.1) is 24.3 Å². The smallest absolute Gasteiger partial charge is 0.308 e. The van der Waals surface area contributed by atoms with Crippen molar-refractivity contribution < 1.29 is 19.4 Å². The van der Waals surface area contributed by atoms with E-state index in [0.29, 0.717) is 23.5 Å². The van der Waals surface area contributed by atoms with Crippen LogP contribution in [0, 0.1) is 6.92 Å². The molecule has 0 spiro atoms. The molecule has 6 bridgehead atoms. The second-order valence-electron chi connectivity index (χ2n) is 10.8. The van der Waals surface area contributed by atoms with E-state index < -0.39 is 5.97 Å². The lowest BCUT2D eigenvalue weighted by Crippen LogP contribution is -2.45. The highest BCUT2D eigenvalue weighted by atomic mass is 16.5. The number of aliphatic carboxylic acids is 1. The maximum atomic E-state index is 11.9. The predicted octanol–water partition coefficient (Wildman–Crippen LogP) is 5.11. The van der Waals surface area contributed by atoms with E-state index in [9.17, 15) is 9.90 Å². The number of nitrogens with zero attached hydrogens (tertiary/aromatic N) is 5. The van der Waals surface area contributed by atoms with Crippen LogP contribution in [0.5, 0.6) is 5.75 Å². The fraction of sp³-hybridized carbons (Fsp3) is 0.355. The van der Waals surface area contributed by atoms with Crippen LogP contribution in [-0.4, -0.2) is 62.1 Å². The minimum Gasteiger partial charge on any atom is -0.486 e. The van der Waals surface area contributed by atoms with Gasteiger partial charge in [-0.3, -0.25) is 9.78 Å². The van der Waals surface area contributed by atoms with Crippen LogP contribution < -0.4 is 9.64 Å². The molecular weight excluding hydrogens is 506 g/mol. The van der Waals surface area contributed by atoms with E-state index in [1.807, 2.05) is 67.0 Å². The lowest BCUT2D eigenvalue weighted by Gasteiger charge is -2.40. The number of hydrogen-bond donors (Lipinski definition) is 1. The van der Waals surface area contributed by atoms with Crippen LogP contribution >= 0.6 is 0 Å². The Morgan fingerprint density at radius 1 is 1.18 bits per heavy atom. The normalized spacial score (nSPS) is 21.8. The summed E-state index contributed by atoms with van der Waals surface area (Å²) in [6, 6.07) is 12.0. The number of pyridine rings is 1. The summed E-state index contributed by atoms with van der Waals surface area (Å²) in [6.45, 7) is 7.96. The largest absolute Gasteiger partial charge is 0.486 e. The quantitative estimate of drug-likeness (QED) is 0.351. The van der Waals surface area contributed by atoms with Gasteiger partial charge >= 0.3 is 5.97 Å². The van der Waals surface area contributed by atoms with Crippen molar-refractivity contribution in [2.24, 2.45) is 0 Å². The molecule has 0 saturated carbocycles. The molecule has 1 saturated heterocycles. The first kappa shape index (κ1) is 26.0. The zero-order valence-corrected chi connectivity index (χ0v) is 23.0. The van der Waals surface area contributed by atoms with E-state index in [1.54, 1.807) is 6.20 Å². The molecule has 1 fully saturated rings. The predicted molar refractivity (Wildman–Crippen MR) is 153 cm³/mol. The zero-order valence-electron chi connectivity index (χ0n) is 23.0. The fourth-order valence-electron chi connectivity index (χ4n) is 5.58. The van der Waals surface area contributed by atoms with Crippen molar-refractivity contribution in [3.8, 4) is 28.1 Å². The van der Waals surface area contributed by atoms with Gasteiger partial charge < -0.3 is 19.5 Å². The second-order valence-corrected chi connectivity index (χ2v) is 10.8. The third-order valence-corrected chi connectivity index (χ3v) is 7.83. The van der Waals surface area contributed by atoms with Crippen LogP contribution in [0.15, 0.2) is 60.9 Å². The molecule has 3 aromatic heterocycles. The summed E-state index contributed by atoms with van der Waals surface area (Å²) in [5.74, 6) is 0.648. The van der Waals surface area contributed by atoms with Crippen LogP contribution in [0.3, 0.4) is 0 Å². The van der Waals surface area contributed by atoms with Gasteiger partial charge in [0.15, 0.2) is 5.65 Å². The number of carbonyl (C=O) groups is 1. The molecule has 4 aromatic rings. The first-order valence-corrected chi connectivity index (χ1v) is 13.7. The monoisotopic (exact) mass is 539 g/mol. The van der Waals surface area contributed by atoms with E-state index >= 15 is 0 Å². The molecule has 3 aliphatic rings. The Kier molecular flexibility index (Phi) is 6.75. The minimum absolute atomic E-state index is 0.119. The summed E-state index contributed by atoms with van der Waals surface area (Å²) >= 11 is 0. The van der Waals surface area contributed by atoms with E-state index in [-0.39, 0.29) is 18.1 Å². The Bertz CT molecular complexity index is 1600. The van der Waals surface area contributed by atoms with Crippen LogP contribution in [0.25, 0.3) is 28.0 Å². The molecule has 0 aliphatic carbocycles. The number of ether oxygens (including phenoxy) is 2. The van der Waals surface area contributed by atoms with Crippen LogP contribution in [0.4, 0.5) is 5.82 Å². The lowest BCUT2D eigenvalue weighted by molar-refractivity contribution is -0.136. The number of carboxylic acids is 1. The number of piperidine rings is 1. The third kappa shape index (κ3) is 5.04. The van der Waals surface area contributed by atoms with Crippen molar-refractivity contribution >= 4 is 17.4 Å². The molecule has 6 heterocycles. The Labute approximate surface area is 233 Å². The van der Waals surface area contributed by atoms with Gasteiger partial charge in [-0.15, -0.1) is 0 Å². The van der Waals surface area contributed by atoms with Crippen molar-refractivity contribution in [1.82, 2.24) is 19.6 Å². The van der Waals surface area contributed by atoms with Gasteiger partial charge in [-0.25, -0.2) is 4.98 Å². The van der Waals surface area contributed by atoms with Gasteiger partial charge in [0.1, 0.15) is 17.7 Å². The van der Waals surface area contributed by atoms with Crippen LogP contribution in [-0.2, 0) is 16.0 Å². The molecule has 40 heavy (non-hydrogen) atoms. The Balaban J connectivity index is 1.52. The summed E-state index contributed by atoms with van der Waals surface area (Å²) < 4.78 is 14.5. The van der Waals surface area contributed by atoms with E-state index in [4.69, 9.17) is 19.6 Å². The zero-order chi connectivity index (χ0) is 27.9. The molecule has 3 aliphatic heterocycles. The number of aryl methyl sites for hydroxylation is 1. The molecule has 1 unspecified atom stereocenters. The molecule has 1 aromatic carbocycles. The molecular formula is C31H33N5O4. The molecule has 1 atom stereocenters. The molecule has 7 rings (SSSR count). The van der Waals surface area contributed by atoms with Crippen molar-refractivity contribution in [2.45, 2.75) is 51.7 Å². The topological polar surface area (TPSA) is 102 Å². The molecule has 1 N–H and O–H groups in total. The van der Waals surface area contributed by atoms with Gasteiger partial charge in [0.25, 0.3) is 0 Å². The number of benzene rings is 1. The number of carboxylic acid groups (broad SMARTS) is 1. The van der Waals surface area contributed by atoms with Crippen LogP contribution in [0.1, 0.15) is 37.9 Å². The molecule has 9 heteroatoms. The maximum Gasteiger partial charge on any atom is 0.308 e. The Morgan fingerprint density at radius 3 is 2.77 bits per heavy atom. The highest BCUT2D eigenvalue weighted by Gasteiger charge is 2.33. The highest BCUT2D eigenvalue weighted by molar-refractivity contribution is 5.77. The van der Waals surface area contributed by atoms with Crippen LogP contribution in [0.2, 0.25) is 0 Å². The summed E-state index contributed by atoms with van der Waals surface area (Å²) in [7, 11) is 0. The first-order valence-electron chi connectivity index (χ1n) is 13.7. The van der Waals surface area contributed by atoms with Crippen molar-refractivity contribution in [1.29, 1.82) is 0 Å². The van der Waals surface area contributed by atoms with Crippen molar-refractivity contribution in [3.63, 3.8) is 0 Å².